The molecule has 0 spiro atoms. The minimum Gasteiger partial charge on any atom is -0.766 e. The van der Waals surface area contributed by atoms with E-state index in [4.69, 9.17) is 0 Å². The minimum absolute atomic E-state index is 0. The first-order valence-corrected chi connectivity index (χ1v) is 7.28. The monoisotopic (exact) mass is 303 g/mol. The zero-order valence-corrected chi connectivity index (χ0v) is 12.7. The maximum atomic E-state index is 11.2. The molecule has 3 rings (SSSR count). The van der Waals surface area contributed by atoms with Gasteiger partial charge >= 0.3 is 18.9 Å². The van der Waals surface area contributed by atoms with E-state index in [1.54, 1.807) is 0 Å². The van der Waals surface area contributed by atoms with Crippen molar-refractivity contribution in [3.05, 3.63) is 60.7 Å². The normalized spacial score (nSPS) is 11.5. The van der Waals surface area contributed by atoms with Crippen molar-refractivity contribution in [1.82, 2.24) is 15.0 Å². The van der Waals surface area contributed by atoms with Crippen molar-refractivity contribution in [3.63, 3.8) is 0 Å². The molecule has 1 atom stereocenters. The molecule has 2 aromatic carbocycles. The van der Waals surface area contributed by atoms with Gasteiger partial charge in [0.1, 0.15) is 0 Å². The summed E-state index contributed by atoms with van der Waals surface area (Å²) < 4.78 is 22.4. The van der Waals surface area contributed by atoms with Crippen LogP contribution in [0.2, 0.25) is 0 Å². The van der Waals surface area contributed by atoms with Gasteiger partial charge in [-0.25, -0.2) is 15.0 Å². The Morgan fingerprint density at radius 2 is 1.14 bits per heavy atom. The summed E-state index contributed by atoms with van der Waals surface area (Å²) in [5.74, 6) is 0.673. The molecular formula is C15H10LiN3O2S. The maximum Gasteiger partial charge on any atom is 1.00 e. The van der Waals surface area contributed by atoms with Gasteiger partial charge in [0.15, 0.2) is 11.6 Å². The number of benzene rings is 2. The summed E-state index contributed by atoms with van der Waals surface area (Å²) in [4.78, 5) is 12.3. The molecule has 104 valence electrons. The molecular weight excluding hydrogens is 293 g/mol. The summed E-state index contributed by atoms with van der Waals surface area (Å²) in [6.45, 7) is 0. The topological polar surface area (TPSA) is 78.8 Å². The summed E-state index contributed by atoms with van der Waals surface area (Å²) in [5.41, 5.74) is 1.48. The first kappa shape index (κ1) is 16.5. The Balaban J connectivity index is 0.00000176. The van der Waals surface area contributed by atoms with Crippen molar-refractivity contribution < 1.29 is 27.6 Å². The van der Waals surface area contributed by atoms with Gasteiger partial charge in [-0.3, -0.25) is 4.21 Å². The summed E-state index contributed by atoms with van der Waals surface area (Å²) >= 11 is -2.51. The summed E-state index contributed by atoms with van der Waals surface area (Å²) in [7, 11) is 0. The van der Waals surface area contributed by atoms with Crippen molar-refractivity contribution in [2.45, 2.75) is 5.16 Å². The maximum absolute atomic E-state index is 11.2. The summed E-state index contributed by atoms with van der Waals surface area (Å²) in [6, 6.07) is 18.4. The van der Waals surface area contributed by atoms with Crippen molar-refractivity contribution >= 4 is 11.1 Å². The Bertz CT molecular complexity index is 728. The van der Waals surface area contributed by atoms with Crippen molar-refractivity contribution in [3.8, 4) is 22.8 Å². The molecule has 5 nitrogen and oxygen atoms in total. The van der Waals surface area contributed by atoms with E-state index in [1.807, 2.05) is 60.7 Å². The van der Waals surface area contributed by atoms with Gasteiger partial charge in [0.2, 0.25) is 5.16 Å². The van der Waals surface area contributed by atoms with E-state index in [2.05, 4.69) is 15.0 Å². The average molecular weight is 303 g/mol. The van der Waals surface area contributed by atoms with Crippen LogP contribution in [0.4, 0.5) is 0 Å². The van der Waals surface area contributed by atoms with Crippen LogP contribution in [0.3, 0.4) is 0 Å². The Morgan fingerprint density at radius 1 is 0.727 bits per heavy atom. The molecule has 0 aliphatic rings. The second kappa shape index (κ2) is 7.43. The van der Waals surface area contributed by atoms with Gasteiger partial charge in [-0.05, 0) is 0 Å². The van der Waals surface area contributed by atoms with Gasteiger partial charge in [0.25, 0.3) is 0 Å². The van der Waals surface area contributed by atoms with Crippen LogP contribution in [-0.2, 0) is 11.1 Å². The molecule has 22 heavy (non-hydrogen) atoms. The third kappa shape index (κ3) is 3.67. The molecule has 0 saturated carbocycles. The van der Waals surface area contributed by atoms with E-state index in [-0.39, 0.29) is 24.0 Å². The zero-order chi connectivity index (χ0) is 14.7. The number of nitrogens with zero attached hydrogens (tertiary/aromatic N) is 3. The van der Waals surface area contributed by atoms with Crippen LogP contribution in [0.25, 0.3) is 22.8 Å². The van der Waals surface area contributed by atoms with Gasteiger partial charge in [-0.15, -0.1) is 0 Å². The Labute approximate surface area is 142 Å². The number of hydrogen-bond donors (Lipinski definition) is 0. The predicted molar refractivity (Wildman–Crippen MR) is 77.9 cm³/mol. The fourth-order valence-electron chi connectivity index (χ4n) is 1.86. The van der Waals surface area contributed by atoms with Crippen LogP contribution in [0.1, 0.15) is 0 Å². The van der Waals surface area contributed by atoms with Crippen LogP contribution < -0.4 is 18.9 Å². The van der Waals surface area contributed by atoms with Crippen LogP contribution in [0, 0.1) is 0 Å². The SMILES string of the molecule is O=S([O-])c1nc(-c2ccccc2)nc(-c2ccccc2)n1.[Li+]. The van der Waals surface area contributed by atoms with E-state index in [9.17, 15) is 8.76 Å². The predicted octanol–water partition coefficient (Wildman–Crippen LogP) is -0.552. The average Bonchev–Trinajstić information content (AvgIpc) is 2.56. The largest absolute Gasteiger partial charge is 1.00 e. The van der Waals surface area contributed by atoms with Crippen LogP contribution >= 0.6 is 0 Å². The van der Waals surface area contributed by atoms with Gasteiger partial charge in [0, 0.05) is 22.2 Å². The van der Waals surface area contributed by atoms with Gasteiger partial charge in [0.05, 0.1) is 0 Å². The third-order valence-corrected chi connectivity index (χ3v) is 3.31. The standard InChI is InChI=1S/C15H11N3O2S.Li/c19-21(20)15-17-13(11-7-3-1-4-8-11)16-14(18-15)12-9-5-2-6-10-12;/h1-10H,(H,19,20);/q;+1/p-1. The van der Waals surface area contributed by atoms with Gasteiger partial charge < -0.3 is 4.55 Å². The second-order valence-corrected chi connectivity index (χ2v) is 5.07. The van der Waals surface area contributed by atoms with E-state index >= 15 is 0 Å². The van der Waals surface area contributed by atoms with E-state index < -0.39 is 11.1 Å². The van der Waals surface area contributed by atoms with Crippen molar-refractivity contribution in [2.24, 2.45) is 0 Å². The van der Waals surface area contributed by atoms with Crippen molar-refractivity contribution in [2.75, 3.05) is 0 Å². The van der Waals surface area contributed by atoms with E-state index in [0.29, 0.717) is 11.6 Å². The quantitative estimate of drug-likeness (QED) is 0.479. The van der Waals surface area contributed by atoms with E-state index in [0.717, 1.165) is 11.1 Å². The molecule has 1 aromatic heterocycles. The Kier molecular flexibility index (Phi) is 5.58. The molecule has 0 amide bonds. The minimum atomic E-state index is -2.51. The van der Waals surface area contributed by atoms with E-state index in [1.165, 1.54) is 0 Å². The molecule has 1 heterocycles. The molecule has 0 fully saturated rings. The third-order valence-electron chi connectivity index (χ3n) is 2.83. The fourth-order valence-corrected chi connectivity index (χ4v) is 2.19. The smallest absolute Gasteiger partial charge is 0.766 e. The molecule has 0 aliphatic carbocycles. The molecule has 0 aliphatic heterocycles. The van der Waals surface area contributed by atoms with Gasteiger partial charge in [-0.1, -0.05) is 60.7 Å². The van der Waals surface area contributed by atoms with Crippen molar-refractivity contribution in [1.29, 1.82) is 0 Å². The molecule has 0 saturated heterocycles. The first-order chi connectivity index (χ1) is 10.2. The van der Waals surface area contributed by atoms with Crippen LogP contribution in [-0.4, -0.2) is 23.7 Å². The molecule has 0 bridgehead atoms. The van der Waals surface area contributed by atoms with Crippen LogP contribution in [0.5, 0.6) is 0 Å². The molecule has 1 unspecified atom stereocenters. The Morgan fingerprint density at radius 3 is 1.50 bits per heavy atom. The number of rotatable bonds is 3. The summed E-state index contributed by atoms with van der Waals surface area (Å²) in [6.07, 6.45) is 0. The van der Waals surface area contributed by atoms with Gasteiger partial charge in [-0.2, -0.15) is 0 Å². The number of hydrogen-bond acceptors (Lipinski definition) is 5. The fraction of sp³-hybridized carbons (Fsp3) is 0. The number of aromatic nitrogens is 3. The molecule has 7 heteroatoms. The second-order valence-electron chi connectivity index (χ2n) is 4.23. The molecule has 0 N–H and O–H groups in total. The Hall–Kier alpha value is -1.84. The molecule has 0 radical (unpaired) electrons. The molecule has 3 aromatic rings. The van der Waals surface area contributed by atoms with Crippen LogP contribution in [0.15, 0.2) is 65.8 Å². The summed E-state index contributed by atoms with van der Waals surface area (Å²) in [5, 5.41) is -0.261. The first-order valence-electron chi connectivity index (χ1n) is 6.20. The zero-order valence-electron chi connectivity index (χ0n) is 11.8.